The third-order valence-electron chi connectivity index (χ3n) is 4.18. The average Bonchev–Trinajstić information content (AvgIpc) is 2.47. The van der Waals surface area contributed by atoms with E-state index in [0.29, 0.717) is 11.3 Å². The fourth-order valence-corrected chi connectivity index (χ4v) is 2.87. The average molecular weight is 267 g/mol. The van der Waals surface area contributed by atoms with Crippen LogP contribution in [0.3, 0.4) is 0 Å². The quantitative estimate of drug-likeness (QED) is 0.797. The third kappa shape index (κ3) is 1.99. The molecular weight excluding hydrogens is 250 g/mol. The van der Waals surface area contributed by atoms with E-state index < -0.39 is 0 Å². The number of carbonyl (C=O) groups excluding carboxylic acids is 1. The molecule has 1 heterocycles. The Hall–Kier alpha value is -2.16. The van der Waals surface area contributed by atoms with Crippen LogP contribution in [0.2, 0.25) is 0 Å². The Morgan fingerprint density at radius 2 is 1.95 bits per heavy atom. The number of ketones is 1. The molecule has 1 aliphatic carbocycles. The highest BCUT2D eigenvalue weighted by Gasteiger charge is 2.45. The summed E-state index contributed by atoms with van der Waals surface area (Å²) in [6.45, 7) is 0. The van der Waals surface area contributed by atoms with Gasteiger partial charge in [0.05, 0.1) is 18.7 Å². The molecule has 0 unspecified atom stereocenters. The highest BCUT2D eigenvalue weighted by molar-refractivity contribution is 6.04. The highest BCUT2D eigenvalue weighted by Crippen LogP contribution is 2.46. The lowest BCUT2D eigenvalue weighted by Gasteiger charge is -2.41. The summed E-state index contributed by atoms with van der Waals surface area (Å²) >= 11 is 0. The van der Waals surface area contributed by atoms with E-state index >= 15 is 0 Å². The number of ether oxygens (including phenoxy) is 1. The van der Waals surface area contributed by atoms with Crippen LogP contribution in [0.4, 0.5) is 0 Å². The van der Waals surface area contributed by atoms with Crippen molar-refractivity contribution in [2.45, 2.75) is 24.7 Å². The Labute approximate surface area is 118 Å². The zero-order chi connectivity index (χ0) is 14.0. The minimum absolute atomic E-state index is 0.154. The van der Waals surface area contributed by atoms with Crippen molar-refractivity contribution in [3.8, 4) is 5.75 Å². The van der Waals surface area contributed by atoms with Crippen LogP contribution in [0.15, 0.2) is 48.8 Å². The molecule has 3 nitrogen and oxygen atoms in total. The number of benzene rings is 1. The molecule has 0 radical (unpaired) electrons. The summed E-state index contributed by atoms with van der Waals surface area (Å²) in [5.74, 6) is 0.778. The van der Waals surface area contributed by atoms with Crippen LogP contribution in [0.25, 0.3) is 0 Å². The Kier molecular flexibility index (Phi) is 3.26. The van der Waals surface area contributed by atoms with Crippen LogP contribution in [0.1, 0.15) is 35.2 Å². The van der Waals surface area contributed by atoms with Crippen molar-refractivity contribution in [3.63, 3.8) is 0 Å². The first kappa shape index (κ1) is 12.9. The van der Waals surface area contributed by atoms with E-state index in [0.717, 1.165) is 24.8 Å². The van der Waals surface area contributed by atoms with Crippen molar-refractivity contribution in [2.75, 3.05) is 7.11 Å². The summed E-state index contributed by atoms with van der Waals surface area (Å²) in [7, 11) is 1.58. The molecule has 3 heteroatoms. The third-order valence-corrected chi connectivity index (χ3v) is 4.18. The van der Waals surface area contributed by atoms with Crippen LogP contribution in [-0.2, 0) is 5.41 Å². The minimum atomic E-state index is -0.366. The molecule has 3 rings (SSSR count). The molecule has 0 spiro atoms. The molecule has 0 amide bonds. The summed E-state index contributed by atoms with van der Waals surface area (Å²) < 4.78 is 5.16. The zero-order valence-electron chi connectivity index (χ0n) is 11.5. The number of rotatable bonds is 4. The minimum Gasteiger partial charge on any atom is -0.495 e. The molecule has 1 aromatic carbocycles. The maximum Gasteiger partial charge on any atom is 0.175 e. The summed E-state index contributed by atoms with van der Waals surface area (Å²) in [4.78, 5) is 17.0. The number of nitrogens with zero attached hydrogens (tertiary/aromatic N) is 1. The summed E-state index contributed by atoms with van der Waals surface area (Å²) in [6.07, 6.45) is 6.17. The van der Waals surface area contributed by atoms with Crippen molar-refractivity contribution < 1.29 is 9.53 Å². The van der Waals surface area contributed by atoms with Gasteiger partial charge >= 0.3 is 0 Å². The molecule has 20 heavy (non-hydrogen) atoms. The van der Waals surface area contributed by atoms with Crippen molar-refractivity contribution in [1.29, 1.82) is 0 Å². The van der Waals surface area contributed by atoms with Gasteiger partial charge in [0, 0.05) is 11.8 Å². The van der Waals surface area contributed by atoms with Gasteiger partial charge < -0.3 is 4.74 Å². The Balaban J connectivity index is 1.99. The molecule has 102 valence electrons. The number of hydrogen-bond acceptors (Lipinski definition) is 3. The van der Waals surface area contributed by atoms with Gasteiger partial charge in [0.25, 0.3) is 0 Å². The first-order chi connectivity index (χ1) is 9.76. The predicted octanol–water partition coefficient (Wildman–Crippen LogP) is 3.39. The van der Waals surface area contributed by atoms with Gasteiger partial charge in [-0.3, -0.25) is 9.78 Å². The Morgan fingerprint density at radius 3 is 2.55 bits per heavy atom. The summed E-state index contributed by atoms with van der Waals surface area (Å²) in [6, 6.07) is 11.8. The fraction of sp³-hybridized carbons (Fsp3) is 0.294. The molecule has 0 saturated heterocycles. The van der Waals surface area contributed by atoms with Crippen LogP contribution in [0.5, 0.6) is 5.75 Å². The number of carbonyl (C=O) groups is 1. The van der Waals surface area contributed by atoms with E-state index in [1.54, 1.807) is 25.6 Å². The topological polar surface area (TPSA) is 39.2 Å². The van der Waals surface area contributed by atoms with Crippen LogP contribution < -0.4 is 4.74 Å². The second kappa shape index (κ2) is 5.08. The molecule has 1 aromatic heterocycles. The highest BCUT2D eigenvalue weighted by atomic mass is 16.5. The zero-order valence-corrected chi connectivity index (χ0v) is 11.5. The number of hydrogen-bond donors (Lipinski definition) is 0. The number of methoxy groups -OCH3 is 1. The van der Waals surface area contributed by atoms with E-state index in [-0.39, 0.29) is 11.2 Å². The van der Waals surface area contributed by atoms with Crippen molar-refractivity contribution >= 4 is 5.78 Å². The van der Waals surface area contributed by atoms with E-state index in [1.165, 1.54) is 0 Å². The smallest absolute Gasteiger partial charge is 0.175 e. The molecule has 1 fully saturated rings. The van der Waals surface area contributed by atoms with E-state index in [9.17, 15) is 4.79 Å². The second-order valence-corrected chi connectivity index (χ2v) is 5.24. The lowest BCUT2D eigenvalue weighted by atomic mass is 9.61. The monoisotopic (exact) mass is 267 g/mol. The Bertz CT molecular complexity index is 618. The molecule has 0 bridgehead atoms. The van der Waals surface area contributed by atoms with Gasteiger partial charge in [-0.15, -0.1) is 0 Å². The van der Waals surface area contributed by atoms with Crippen molar-refractivity contribution in [1.82, 2.24) is 4.98 Å². The normalized spacial score (nSPS) is 16.2. The van der Waals surface area contributed by atoms with Gasteiger partial charge in [0.1, 0.15) is 5.75 Å². The standard InChI is InChI=1S/C17H17NO2/c1-20-15-10-13(11-18-12-15)16(19)17(8-5-9-17)14-6-3-2-4-7-14/h2-4,6-7,10-12H,5,8-9H2,1H3. The SMILES string of the molecule is COc1cncc(C(=O)C2(c3ccccc3)CCC2)c1. The van der Waals surface area contributed by atoms with E-state index in [1.807, 2.05) is 30.3 Å². The predicted molar refractivity (Wildman–Crippen MR) is 77.1 cm³/mol. The molecule has 1 aliphatic rings. The largest absolute Gasteiger partial charge is 0.495 e. The lowest BCUT2D eigenvalue weighted by Crippen LogP contribution is -2.42. The molecule has 0 atom stereocenters. The second-order valence-electron chi connectivity index (χ2n) is 5.24. The first-order valence-electron chi connectivity index (χ1n) is 6.86. The van der Waals surface area contributed by atoms with Gasteiger partial charge in [-0.2, -0.15) is 0 Å². The summed E-state index contributed by atoms with van der Waals surface area (Å²) in [5.41, 5.74) is 1.38. The molecule has 0 N–H and O–H groups in total. The van der Waals surface area contributed by atoms with Crippen LogP contribution in [0, 0.1) is 0 Å². The molecule has 2 aromatic rings. The first-order valence-corrected chi connectivity index (χ1v) is 6.86. The number of pyridine rings is 1. The Morgan fingerprint density at radius 1 is 1.20 bits per heavy atom. The van der Waals surface area contributed by atoms with Gasteiger partial charge in [0.15, 0.2) is 5.78 Å². The molecule has 1 saturated carbocycles. The number of Topliss-reactive ketones (excluding diaryl/α,β-unsaturated/α-hetero) is 1. The summed E-state index contributed by atoms with van der Waals surface area (Å²) in [5, 5.41) is 0. The van der Waals surface area contributed by atoms with Crippen molar-refractivity contribution in [2.24, 2.45) is 0 Å². The number of aromatic nitrogens is 1. The van der Waals surface area contributed by atoms with Crippen LogP contribution >= 0.6 is 0 Å². The van der Waals surface area contributed by atoms with Crippen LogP contribution in [-0.4, -0.2) is 17.9 Å². The lowest BCUT2D eigenvalue weighted by molar-refractivity contribution is 0.0788. The fourth-order valence-electron chi connectivity index (χ4n) is 2.87. The molecular formula is C17H17NO2. The van der Waals surface area contributed by atoms with E-state index in [2.05, 4.69) is 4.98 Å². The maximum absolute atomic E-state index is 12.9. The van der Waals surface area contributed by atoms with E-state index in [4.69, 9.17) is 4.74 Å². The van der Waals surface area contributed by atoms with Gasteiger partial charge in [0.2, 0.25) is 0 Å². The van der Waals surface area contributed by atoms with Gasteiger partial charge in [-0.1, -0.05) is 36.8 Å². The van der Waals surface area contributed by atoms with Gasteiger partial charge in [-0.25, -0.2) is 0 Å². The maximum atomic E-state index is 12.9. The molecule has 0 aliphatic heterocycles. The van der Waals surface area contributed by atoms with Gasteiger partial charge in [-0.05, 0) is 24.5 Å². The van der Waals surface area contributed by atoms with Crippen molar-refractivity contribution in [3.05, 3.63) is 59.9 Å².